The molecule has 2 fully saturated rings. The molecular weight excluding hydrogens is 696 g/mol. The first kappa shape index (κ1) is 35.9. The average molecular weight is 744 g/mol. The number of alkyl halides is 2. The van der Waals surface area contributed by atoms with Crippen LogP contribution in [0, 0.1) is 5.92 Å². The average Bonchev–Trinajstić information content (AvgIpc) is 3.80. The van der Waals surface area contributed by atoms with Gasteiger partial charge in [0.15, 0.2) is 5.82 Å². The largest absolute Gasteiger partial charge is 0.478 e. The number of amides is 2. The van der Waals surface area contributed by atoms with E-state index in [4.69, 9.17) is 10.2 Å². The number of likely N-dealkylation sites (tertiary alicyclic amines) is 1. The Morgan fingerprint density at radius 3 is 2.41 bits per heavy atom. The number of carbonyl (C=O) groups excluding carboxylic acids is 1. The van der Waals surface area contributed by atoms with Crippen LogP contribution in [0.1, 0.15) is 77.3 Å². The van der Waals surface area contributed by atoms with E-state index >= 15 is 0 Å². The maximum atomic E-state index is 14.7. The Balaban J connectivity index is 0.996. The molecule has 2 amide bonds. The van der Waals surface area contributed by atoms with Crippen molar-refractivity contribution >= 4 is 29.5 Å². The molecule has 0 atom stereocenters. The summed E-state index contributed by atoms with van der Waals surface area (Å²) in [6.45, 7) is 6.28. The summed E-state index contributed by atoms with van der Waals surface area (Å²) in [5, 5.41) is 21.5. The van der Waals surface area contributed by atoms with Gasteiger partial charge in [0.25, 0.3) is 6.43 Å². The minimum Gasteiger partial charge on any atom is -0.478 e. The summed E-state index contributed by atoms with van der Waals surface area (Å²) >= 11 is 0. The Bertz CT molecular complexity index is 2000. The van der Waals surface area contributed by atoms with Gasteiger partial charge in [0.2, 0.25) is 5.95 Å². The van der Waals surface area contributed by atoms with Crippen LogP contribution in [0.4, 0.5) is 31.0 Å². The summed E-state index contributed by atoms with van der Waals surface area (Å²) in [5.41, 5.74) is 5.17. The van der Waals surface area contributed by atoms with Crippen LogP contribution >= 0.6 is 0 Å². The molecule has 4 aromatic rings. The molecule has 16 heteroatoms. The van der Waals surface area contributed by atoms with Crippen LogP contribution in [-0.4, -0.2) is 109 Å². The van der Waals surface area contributed by atoms with Crippen LogP contribution in [-0.2, 0) is 26.4 Å². The zero-order valence-corrected chi connectivity index (χ0v) is 30.8. The molecule has 4 aliphatic heterocycles. The smallest absolute Gasteiger partial charge is 0.338 e. The first-order chi connectivity index (χ1) is 26.2. The molecule has 54 heavy (non-hydrogen) atoms. The van der Waals surface area contributed by atoms with E-state index in [1.165, 1.54) is 12.4 Å². The molecule has 7 heterocycles. The molecule has 286 valence electrons. The Morgan fingerprint density at radius 2 is 1.74 bits per heavy atom. The van der Waals surface area contributed by atoms with E-state index in [0.29, 0.717) is 49.0 Å². The minimum absolute atomic E-state index is 0.0188. The molecule has 0 unspecified atom stereocenters. The van der Waals surface area contributed by atoms with E-state index in [2.05, 4.69) is 39.8 Å². The lowest BCUT2D eigenvalue weighted by Crippen LogP contribution is -2.43. The van der Waals surface area contributed by atoms with E-state index in [0.717, 1.165) is 99.6 Å². The first-order valence-electron chi connectivity index (χ1n) is 19.0. The molecule has 0 saturated carbocycles. The molecule has 0 aliphatic carbocycles. The summed E-state index contributed by atoms with van der Waals surface area (Å²) in [6.07, 6.45) is 9.76. The van der Waals surface area contributed by atoms with Crippen LogP contribution in [0.3, 0.4) is 0 Å². The minimum atomic E-state index is -2.66. The van der Waals surface area contributed by atoms with Crippen LogP contribution in [0.2, 0.25) is 0 Å². The maximum absolute atomic E-state index is 14.7. The normalized spacial score (nSPS) is 18.6. The van der Waals surface area contributed by atoms with Gasteiger partial charge >= 0.3 is 12.0 Å². The van der Waals surface area contributed by atoms with Gasteiger partial charge in [-0.2, -0.15) is 10.2 Å². The van der Waals surface area contributed by atoms with Gasteiger partial charge in [0.1, 0.15) is 0 Å². The highest BCUT2D eigenvalue weighted by Gasteiger charge is 2.35. The second kappa shape index (κ2) is 15.0. The molecule has 0 bridgehead atoms. The molecule has 2 saturated heterocycles. The van der Waals surface area contributed by atoms with Crippen molar-refractivity contribution in [2.75, 3.05) is 62.7 Å². The van der Waals surface area contributed by atoms with E-state index in [-0.39, 0.29) is 23.2 Å². The topological polar surface area (TPSA) is 141 Å². The Labute approximate surface area is 312 Å². The van der Waals surface area contributed by atoms with Gasteiger partial charge in [-0.15, -0.1) is 0 Å². The van der Waals surface area contributed by atoms with Crippen LogP contribution < -0.4 is 15.1 Å². The number of hydrogen-bond donors (Lipinski definition) is 2. The van der Waals surface area contributed by atoms with Gasteiger partial charge in [-0.1, -0.05) is 0 Å². The van der Waals surface area contributed by atoms with Crippen molar-refractivity contribution in [3.05, 3.63) is 64.9 Å². The van der Waals surface area contributed by atoms with Crippen LogP contribution in [0.25, 0.3) is 11.1 Å². The van der Waals surface area contributed by atoms with Crippen molar-refractivity contribution in [2.24, 2.45) is 13.0 Å². The highest BCUT2D eigenvalue weighted by atomic mass is 19.3. The number of benzene rings is 1. The molecule has 8 rings (SSSR count). The number of halogens is 2. The number of nitrogens with one attached hydrogen (secondary N) is 1. The van der Waals surface area contributed by atoms with Crippen molar-refractivity contribution in [3.63, 3.8) is 0 Å². The van der Waals surface area contributed by atoms with E-state index in [1.54, 1.807) is 37.2 Å². The Morgan fingerprint density at radius 1 is 0.981 bits per heavy atom. The number of aromatic carboxylic acids is 1. The summed E-state index contributed by atoms with van der Waals surface area (Å²) in [4.78, 5) is 41.2. The molecular formula is C38H47F2N11O3. The predicted molar refractivity (Wildman–Crippen MR) is 198 cm³/mol. The standard InChI is InChI=1S/C38H47F2N11O3/c1-41-38(54)49-15-9-32-31(23-49)35(50-10-3-4-25-16-29(27-20-44-46(2)22-27)30(34(39)40)17-33(25)50)45-51(32)28-7-11-47(12-8-28)21-24-5-13-48(14-6-24)37-42-18-26(19-43-37)36(52)53/h16-20,22,24,28,34H,3-15,21,23H2,1-2H3,(H,41,54)(H,52,53). The van der Waals surface area contributed by atoms with Crippen molar-refractivity contribution in [1.29, 1.82) is 0 Å². The lowest BCUT2D eigenvalue weighted by Gasteiger charge is -2.38. The number of fused-ring (bicyclic) bond motifs is 2. The van der Waals surface area contributed by atoms with Crippen LogP contribution in [0.5, 0.6) is 0 Å². The lowest BCUT2D eigenvalue weighted by atomic mass is 9.92. The third-order valence-electron chi connectivity index (χ3n) is 11.6. The van der Waals surface area contributed by atoms with E-state index in [1.807, 2.05) is 11.0 Å². The third-order valence-corrected chi connectivity index (χ3v) is 11.6. The molecule has 3 aromatic heterocycles. The van der Waals surface area contributed by atoms with Crippen molar-refractivity contribution in [2.45, 2.75) is 64.0 Å². The number of carbonyl (C=O) groups is 2. The number of aryl methyl sites for hydroxylation is 2. The first-order valence-corrected chi connectivity index (χ1v) is 19.0. The van der Waals surface area contributed by atoms with Crippen molar-refractivity contribution in [1.82, 2.24) is 44.6 Å². The SMILES string of the molecule is CNC(=O)N1CCc2c(c(N3CCCc4cc(-c5cnn(C)c5)c(C(F)F)cc43)nn2C2CCN(CC3CCN(c4ncc(C(=O)O)cn4)CC3)CC2)C1. The van der Waals surface area contributed by atoms with E-state index in [9.17, 15) is 18.4 Å². The number of nitrogens with zero attached hydrogens (tertiary/aromatic N) is 10. The number of rotatable bonds is 8. The number of hydrogen-bond acceptors (Lipinski definition) is 9. The van der Waals surface area contributed by atoms with Gasteiger partial charge < -0.3 is 30.0 Å². The summed E-state index contributed by atoms with van der Waals surface area (Å²) in [6, 6.07) is 3.63. The highest BCUT2D eigenvalue weighted by Crippen LogP contribution is 2.44. The quantitative estimate of drug-likeness (QED) is 0.252. The highest BCUT2D eigenvalue weighted by molar-refractivity contribution is 5.86. The summed E-state index contributed by atoms with van der Waals surface area (Å²) in [5.74, 6) is 0.882. The summed E-state index contributed by atoms with van der Waals surface area (Å²) < 4.78 is 33.2. The van der Waals surface area contributed by atoms with Crippen LogP contribution in [0.15, 0.2) is 36.9 Å². The second-order valence-corrected chi connectivity index (χ2v) is 15.0. The molecule has 1 aromatic carbocycles. The lowest BCUT2D eigenvalue weighted by molar-refractivity contribution is 0.0696. The molecule has 0 spiro atoms. The van der Waals surface area contributed by atoms with Gasteiger partial charge in [-0.3, -0.25) is 9.36 Å². The third kappa shape index (κ3) is 6.98. The zero-order chi connectivity index (χ0) is 37.5. The van der Waals surface area contributed by atoms with E-state index < -0.39 is 12.4 Å². The fourth-order valence-corrected chi connectivity index (χ4v) is 8.76. The fourth-order valence-electron chi connectivity index (χ4n) is 8.76. The van der Waals surface area contributed by atoms with Gasteiger partial charge in [0, 0.05) is 113 Å². The maximum Gasteiger partial charge on any atom is 0.338 e. The van der Waals surface area contributed by atoms with Crippen molar-refractivity contribution in [3.8, 4) is 11.1 Å². The number of carboxylic acid groups (broad SMARTS) is 1. The van der Waals surface area contributed by atoms with Gasteiger partial charge in [-0.05, 0) is 67.7 Å². The van der Waals surface area contributed by atoms with Gasteiger partial charge in [-0.25, -0.2) is 28.3 Å². The second-order valence-electron chi connectivity index (χ2n) is 15.0. The Kier molecular flexibility index (Phi) is 9.94. The molecule has 4 aliphatic rings. The predicted octanol–water partition coefficient (Wildman–Crippen LogP) is 5.04. The molecule has 2 N–H and O–H groups in total. The number of urea groups is 1. The number of piperidine rings is 2. The summed E-state index contributed by atoms with van der Waals surface area (Å²) in [7, 11) is 3.42. The van der Waals surface area contributed by atoms with Gasteiger partial charge in [0.05, 0.1) is 24.3 Å². The number of aromatic nitrogens is 6. The van der Waals surface area contributed by atoms with Crippen molar-refractivity contribution < 1.29 is 23.5 Å². The molecule has 14 nitrogen and oxygen atoms in total. The fraction of sp³-hybridized carbons (Fsp3) is 0.526. The Hall–Kier alpha value is -5.12. The number of anilines is 3. The molecule has 0 radical (unpaired) electrons. The zero-order valence-electron chi connectivity index (χ0n) is 30.8. The number of carboxylic acids is 1. The monoisotopic (exact) mass is 743 g/mol.